The summed E-state index contributed by atoms with van der Waals surface area (Å²) in [4.78, 5) is 43.4. The summed E-state index contributed by atoms with van der Waals surface area (Å²) in [7, 11) is 1.20. The third-order valence-electron chi connectivity index (χ3n) is 9.07. The number of hydrazine groups is 1. The van der Waals surface area contributed by atoms with E-state index in [-0.39, 0.29) is 42.6 Å². The van der Waals surface area contributed by atoms with Gasteiger partial charge in [-0.05, 0) is 47.1 Å². The lowest BCUT2D eigenvalue weighted by atomic mass is 9.85. The molecule has 2 fully saturated rings. The number of amides is 3. The summed E-state index contributed by atoms with van der Waals surface area (Å²) in [5.74, 6) is -1.37. The molecule has 0 bridgehead atoms. The number of methoxy groups -OCH3 is 1. The predicted octanol–water partition coefficient (Wildman–Crippen LogP) is 4.60. The number of fused-ring (bicyclic) bond motifs is 1. The Hall–Kier alpha value is -4.34. The number of ether oxygens (including phenoxy) is 4. The van der Waals surface area contributed by atoms with Crippen molar-refractivity contribution < 1.29 is 42.8 Å². The molecule has 3 aromatic rings. The second kappa shape index (κ2) is 17.5. The number of pyridine rings is 1. The molecule has 1 aromatic heterocycles. The molecule has 280 valence electrons. The Morgan fingerprint density at radius 2 is 1.83 bits per heavy atom. The summed E-state index contributed by atoms with van der Waals surface area (Å²) in [5.41, 5.74) is 4.67. The lowest BCUT2D eigenvalue weighted by molar-refractivity contribution is -0.127. The minimum Gasteiger partial charge on any atom is -0.453 e. The number of aliphatic hydroxyl groups excluding tert-OH is 1. The first-order valence-electron chi connectivity index (χ1n) is 17.0. The fourth-order valence-electron chi connectivity index (χ4n) is 6.24. The van der Waals surface area contributed by atoms with E-state index in [4.69, 9.17) is 30.5 Å². The van der Waals surface area contributed by atoms with Crippen molar-refractivity contribution in [2.45, 2.75) is 70.7 Å². The molecule has 52 heavy (non-hydrogen) atoms. The first kappa shape index (κ1) is 38.9. The van der Waals surface area contributed by atoms with Gasteiger partial charge in [0, 0.05) is 31.0 Å². The third-order valence-corrected chi connectivity index (χ3v) is 9.36. The highest BCUT2D eigenvalue weighted by Crippen LogP contribution is 2.33. The molecule has 0 aliphatic carbocycles. The Bertz CT molecular complexity index is 1680. The second-order valence-electron chi connectivity index (χ2n) is 13.9. The lowest BCUT2D eigenvalue weighted by Gasteiger charge is -2.34. The van der Waals surface area contributed by atoms with E-state index < -0.39 is 59.9 Å². The van der Waals surface area contributed by atoms with E-state index in [1.165, 1.54) is 24.3 Å². The quantitative estimate of drug-likeness (QED) is 0.182. The molecule has 2 saturated heterocycles. The van der Waals surface area contributed by atoms with Crippen LogP contribution in [0.2, 0.25) is 5.02 Å². The third kappa shape index (κ3) is 10.2. The van der Waals surface area contributed by atoms with Crippen molar-refractivity contribution in [3.05, 3.63) is 89.0 Å². The van der Waals surface area contributed by atoms with Gasteiger partial charge in [0.2, 0.25) is 5.91 Å². The van der Waals surface area contributed by atoms with Crippen LogP contribution in [0.3, 0.4) is 0 Å². The highest BCUT2D eigenvalue weighted by Gasteiger charge is 2.44. The van der Waals surface area contributed by atoms with Gasteiger partial charge in [0.1, 0.15) is 18.0 Å². The zero-order valence-electron chi connectivity index (χ0n) is 29.5. The number of aliphatic hydroxyl groups is 1. The van der Waals surface area contributed by atoms with Crippen molar-refractivity contribution in [1.82, 2.24) is 26.1 Å². The van der Waals surface area contributed by atoms with Crippen molar-refractivity contribution >= 4 is 29.7 Å². The van der Waals surface area contributed by atoms with Crippen LogP contribution in [0, 0.1) is 17.2 Å². The number of nitrogens with zero attached hydrogens (tertiary/aromatic N) is 2. The minimum absolute atomic E-state index is 0.109. The molecule has 13 nitrogen and oxygen atoms in total. The van der Waals surface area contributed by atoms with Crippen molar-refractivity contribution in [2.24, 2.45) is 11.3 Å². The van der Waals surface area contributed by atoms with Crippen LogP contribution >= 0.6 is 11.6 Å². The number of aromatic nitrogens is 1. The Balaban J connectivity index is 1.39. The largest absolute Gasteiger partial charge is 0.453 e. The van der Waals surface area contributed by atoms with Crippen molar-refractivity contribution in [3.63, 3.8) is 0 Å². The van der Waals surface area contributed by atoms with Crippen LogP contribution in [0.1, 0.15) is 38.3 Å². The van der Waals surface area contributed by atoms with Crippen molar-refractivity contribution in [1.29, 1.82) is 0 Å². The molecule has 6 unspecified atom stereocenters. The maximum absolute atomic E-state index is 15.1. The number of hydrogen-bond acceptors (Lipinski definition) is 10. The Labute approximate surface area is 307 Å². The van der Waals surface area contributed by atoms with Crippen LogP contribution in [0.15, 0.2) is 67.0 Å². The zero-order chi connectivity index (χ0) is 37.4. The smallest absolute Gasteiger partial charge is 0.422 e. The first-order valence-corrected chi connectivity index (χ1v) is 17.4. The number of carbonyl (C=O) groups excluding carboxylic acids is 3. The SMILES string of the molecule is COC(=O)NC(C(=O)NC(Cc1ccc(-c2cccnc2)cc1)C(O)CN(Cc1cccc(Cl)c1F)NC(=O)OC1COC2OCCC12)C(C)(C)C. The minimum atomic E-state index is -1.34. The van der Waals surface area contributed by atoms with E-state index in [0.717, 1.165) is 16.7 Å². The van der Waals surface area contributed by atoms with Crippen LogP contribution < -0.4 is 16.1 Å². The maximum Gasteiger partial charge on any atom is 0.422 e. The first-order chi connectivity index (χ1) is 24.8. The highest BCUT2D eigenvalue weighted by molar-refractivity contribution is 6.30. The van der Waals surface area contributed by atoms with Gasteiger partial charge >= 0.3 is 12.2 Å². The van der Waals surface area contributed by atoms with Crippen LogP contribution in [-0.2, 0) is 36.7 Å². The van der Waals surface area contributed by atoms with Gasteiger partial charge in [-0.3, -0.25) is 15.2 Å². The number of benzene rings is 2. The zero-order valence-corrected chi connectivity index (χ0v) is 30.3. The number of hydrogen-bond donors (Lipinski definition) is 4. The summed E-state index contributed by atoms with van der Waals surface area (Å²) in [5, 5.41) is 18.5. The molecule has 4 N–H and O–H groups in total. The fraction of sp³-hybridized carbons (Fsp3) is 0.459. The lowest BCUT2D eigenvalue weighted by Crippen LogP contribution is -2.59. The van der Waals surface area contributed by atoms with Gasteiger partial charge in [0.15, 0.2) is 6.29 Å². The van der Waals surface area contributed by atoms with Gasteiger partial charge in [0.25, 0.3) is 0 Å². The van der Waals surface area contributed by atoms with Crippen LogP contribution in [-0.4, -0.2) is 90.6 Å². The van der Waals surface area contributed by atoms with Gasteiger partial charge in [-0.1, -0.05) is 74.8 Å². The average molecular weight is 742 g/mol. The highest BCUT2D eigenvalue weighted by atomic mass is 35.5. The molecule has 0 saturated carbocycles. The molecule has 2 aliphatic heterocycles. The molecule has 5 rings (SSSR count). The summed E-state index contributed by atoms with van der Waals surface area (Å²) in [6, 6.07) is 13.8. The van der Waals surface area contributed by atoms with E-state index in [2.05, 4.69) is 21.0 Å². The monoisotopic (exact) mass is 741 g/mol. The standard InChI is InChI=1S/C37H45ClFN5O8/c1-37(2,3)32(42-35(47)49-4)33(46)41-28(17-22-10-12-23(13-11-22)24-8-6-15-40-18-24)29(45)20-44(19-25-7-5-9-27(38)31(25)39)43-36(48)52-30-21-51-34-26(30)14-16-50-34/h5-13,15,18,26,28-30,32,34,45H,14,16-17,19-21H2,1-4H3,(H,41,46)(H,42,47)(H,43,48). The van der Waals surface area contributed by atoms with Gasteiger partial charge in [-0.2, -0.15) is 0 Å². The van der Waals surface area contributed by atoms with Crippen molar-refractivity contribution in [3.8, 4) is 11.1 Å². The second-order valence-corrected chi connectivity index (χ2v) is 14.3. The van der Waals surface area contributed by atoms with Gasteiger partial charge < -0.3 is 34.7 Å². The number of alkyl carbamates (subject to hydrolysis) is 1. The maximum atomic E-state index is 15.1. The molecular weight excluding hydrogens is 697 g/mol. The van der Waals surface area contributed by atoms with E-state index in [9.17, 15) is 19.5 Å². The fourth-order valence-corrected chi connectivity index (χ4v) is 6.44. The van der Waals surface area contributed by atoms with Crippen molar-refractivity contribution in [2.75, 3.05) is 26.9 Å². The summed E-state index contributed by atoms with van der Waals surface area (Å²) >= 11 is 6.06. The van der Waals surface area contributed by atoms with E-state index in [0.29, 0.717) is 13.0 Å². The molecule has 2 aliphatic rings. The van der Waals surface area contributed by atoms with E-state index >= 15 is 4.39 Å². The molecule has 3 heterocycles. The number of rotatable bonds is 13. The molecular formula is C37H45ClFN5O8. The molecule has 0 radical (unpaired) electrons. The number of nitrogens with one attached hydrogen (secondary N) is 3. The van der Waals surface area contributed by atoms with Gasteiger partial charge in [0.05, 0.1) is 43.4 Å². The van der Waals surface area contributed by atoms with Crippen LogP contribution in [0.25, 0.3) is 11.1 Å². The molecule has 3 amide bonds. The average Bonchev–Trinajstić information content (AvgIpc) is 3.74. The van der Waals surface area contributed by atoms with E-state index in [1.807, 2.05) is 36.4 Å². The van der Waals surface area contributed by atoms with E-state index in [1.54, 1.807) is 39.2 Å². The van der Waals surface area contributed by atoms with Gasteiger partial charge in [-0.15, -0.1) is 0 Å². The predicted molar refractivity (Wildman–Crippen MR) is 189 cm³/mol. The summed E-state index contributed by atoms with van der Waals surface area (Å²) in [6.45, 7) is 5.51. The molecule has 2 aromatic carbocycles. The Morgan fingerprint density at radius 3 is 2.52 bits per heavy atom. The Morgan fingerprint density at radius 1 is 1.06 bits per heavy atom. The van der Waals surface area contributed by atoms with Crippen LogP contribution in [0.5, 0.6) is 0 Å². The summed E-state index contributed by atoms with van der Waals surface area (Å²) < 4.78 is 36.7. The number of halogens is 2. The van der Waals surface area contributed by atoms with Gasteiger partial charge in [-0.25, -0.2) is 19.0 Å². The van der Waals surface area contributed by atoms with Crippen LogP contribution in [0.4, 0.5) is 14.0 Å². The summed E-state index contributed by atoms with van der Waals surface area (Å²) in [6.07, 6.45) is 0.295. The molecule has 0 spiro atoms. The Kier molecular flexibility index (Phi) is 13.0. The number of carbonyl (C=O) groups is 3. The topological polar surface area (TPSA) is 161 Å². The normalized spacial score (nSPS) is 20.0. The molecule has 6 atom stereocenters. The molecule has 15 heteroatoms.